The van der Waals surface area contributed by atoms with E-state index in [9.17, 15) is 0 Å². The molecule has 0 aliphatic heterocycles. The highest BCUT2D eigenvalue weighted by Gasteiger charge is 2.10. The van der Waals surface area contributed by atoms with Gasteiger partial charge in [-0.25, -0.2) is 0 Å². The van der Waals surface area contributed by atoms with Crippen LogP contribution in [0, 0.1) is 0 Å². The van der Waals surface area contributed by atoms with E-state index in [-0.39, 0.29) is 6.04 Å². The van der Waals surface area contributed by atoms with Gasteiger partial charge in [-0.3, -0.25) is 0 Å². The van der Waals surface area contributed by atoms with Crippen LogP contribution in [0.15, 0.2) is 53.5 Å². The van der Waals surface area contributed by atoms with Crippen LogP contribution in [0.4, 0.5) is 0 Å². The Kier molecular flexibility index (Phi) is 2.96. The Morgan fingerprint density at radius 1 is 1.36 bits per heavy atom. The summed E-state index contributed by atoms with van der Waals surface area (Å²) in [4.78, 5) is 1.22. The van der Waals surface area contributed by atoms with E-state index in [2.05, 4.69) is 35.8 Å². The third kappa shape index (κ3) is 2.03. The van der Waals surface area contributed by atoms with Gasteiger partial charge in [-0.2, -0.15) is 0 Å². The standard InChI is InChI=1S/C12H13NS/c13-12(11-8-5-9-14-11)10-6-3-1-2-4-7-10/h1-3,5-9,12H,4,13H2. The molecule has 0 bridgehead atoms. The molecule has 1 aliphatic rings. The molecule has 72 valence electrons. The molecule has 1 aliphatic carbocycles. The first kappa shape index (κ1) is 9.44. The van der Waals surface area contributed by atoms with E-state index in [0.29, 0.717) is 0 Å². The molecule has 2 N–H and O–H groups in total. The molecular weight excluding hydrogens is 190 g/mol. The fourth-order valence-electron chi connectivity index (χ4n) is 1.46. The van der Waals surface area contributed by atoms with Crippen LogP contribution in [-0.4, -0.2) is 0 Å². The summed E-state index contributed by atoms with van der Waals surface area (Å²) in [6.07, 6.45) is 11.5. The summed E-state index contributed by atoms with van der Waals surface area (Å²) in [5, 5.41) is 2.06. The summed E-state index contributed by atoms with van der Waals surface area (Å²) in [6, 6.07) is 4.16. The van der Waals surface area contributed by atoms with Gasteiger partial charge in [0.15, 0.2) is 0 Å². The van der Waals surface area contributed by atoms with Crippen LogP contribution in [0.25, 0.3) is 0 Å². The van der Waals surface area contributed by atoms with Gasteiger partial charge < -0.3 is 5.73 Å². The lowest BCUT2D eigenvalue weighted by atomic mass is 10.1. The number of hydrogen-bond acceptors (Lipinski definition) is 2. The van der Waals surface area contributed by atoms with Crippen LogP contribution in [0.2, 0.25) is 0 Å². The van der Waals surface area contributed by atoms with Crippen LogP contribution in [0.1, 0.15) is 17.3 Å². The lowest BCUT2D eigenvalue weighted by Gasteiger charge is -2.10. The van der Waals surface area contributed by atoms with Gasteiger partial charge in [-0.05, 0) is 23.4 Å². The maximum Gasteiger partial charge on any atom is 0.0643 e. The van der Waals surface area contributed by atoms with Crippen molar-refractivity contribution in [2.75, 3.05) is 0 Å². The maximum absolute atomic E-state index is 6.15. The smallest absolute Gasteiger partial charge is 0.0643 e. The minimum atomic E-state index is 0.0335. The molecule has 0 radical (unpaired) electrons. The highest BCUT2D eigenvalue weighted by molar-refractivity contribution is 7.10. The molecule has 0 aromatic carbocycles. The fourth-order valence-corrected chi connectivity index (χ4v) is 2.21. The topological polar surface area (TPSA) is 26.0 Å². The average Bonchev–Trinajstić information content (AvgIpc) is 2.59. The van der Waals surface area contributed by atoms with E-state index in [4.69, 9.17) is 5.73 Å². The number of hydrogen-bond donors (Lipinski definition) is 1. The van der Waals surface area contributed by atoms with Gasteiger partial charge in [-0.15, -0.1) is 11.3 Å². The third-order valence-electron chi connectivity index (χ3n) is 2.23. The van der Waals surface area contributed by atoms with E-state index in [1.807, 2.05) is 12.1 Å². The first-order valence-corrected chi connectivity index (χ1v) is 5.58. The summed E-state index contributed by atoms with van der Waals surface area (Å²) in [7, 11) is 0. The molecular formula is C12H13NS. The fraction of sp³-hybridized carbons (Fsp3) is 0.167. The van der Waals surface area contributed by atoms with E-state index < -0.39 is 0 Å². The maximum atomic E-state index is 6.15. The number of rotatable bonds is 2. The van der Waals surface area contributed by atoms with Crippen LogP contribution in [0.3, 0.4) is 0 Å². The van der Waals surface area contributed by atoms with Crippen molar-refractivity contribution in [2.24, 2.45) is 5.73 Å². The Morgan fingerprint density at radius 3 is 3.07 bits per heavy atom. The van der Waals surface area contributed by atoms with Crippen molar-refractivity contribution in [3.63, 3.8) is 0 Å². The monoisotopic (exact) mass is 203 g/mol. The van der Waals surface area contributed by atoms with Crippen LogP contribution >= 0.6 is 11.3 Å². The minimum absolute atomic E-state index is 0.0335. The van der Waals surface area contributed by atoms with Crippen molar-refractivity contribution in [3.05, 3.63) is 58.3 Å². The zero-order valence-electron chi connectivity index (χ0n) is 7.89. The minimum Gasteiger partial charge on any atom is -0.320 e. The van der Waals surface area contributed by atoms with E-state index in [0.717, 1.165) is 6.42 Å². The molecule has 1 atom stereocenters. The summed E-state index contributed by atoms with van der Waals surface area (Å²) in [6.45, 7) is 0. The molecule has 0 fully saturated rings. The van der Waals surface area contributed by atoms with E-state index in [1.165, 1.54) is 10.5 Å². The van der Waals surface area contributed by atoms with Crippen molar-refractivity contribution in [1.82, 2.24) is 0 Å². The molecule has 0 spiro atoms. The van der Waals surface area contributed by atoms with Crippen LogP contribution < -0.4 is 5.73 Å². The van der Waals surface area contributed by atoms with E-state index in [1.54, 1.807) is 11.3 Å². The van der Waals surface area contributed by atoms with Crippen molar-refractivity contribution in [2.45, 2.75) is 12.5 Å². The van der Waals surface area contributed by atoms with Gasteiger partial charge in [0, 0.05) is 4.88 Å². The summed E-state index contributed by atoms with van der Waals surface area (Å²) < 4.78 is 0. The van der Waals surface area contributed by atoms with Gasteiger partial charge in [0.05, 0.1) is 6.04 Å². The lowest BCUT2D eigenvalue weighted by Crippen LogP contribution is -2.10. The normalized spacial score (nSPS) is 17.6. The summed E-state index contributed by atoms with van der Waals surface area (Å²) in [5.74, 6) is 0. The molecule has 1 unspecified atom stereocenters. The van der Waals surface area contributed by atoms with Crippen LogP contribution in [0.5, 0.6) is 0 Å². The largest absolute Gasteiger partial charge is 0.320 e. The first-order chi connectivity index (χ1) is 6.88. The molecule has 1 nitrogen and oxygen atoms in total. The van der Waals surface area contributed by atoms with Gasteiger partial charge in [0.1, 0.15) is 0 Å². The van der Waals surface area contributed by atoms with Gasteiger partial charge in [0.2, 0.25) is 0 Å². The molecule has 0 amide bonds. The molecule has 2 heteroatoms. The van der Waals surface area contributed by atoms with Gasteiger partial charge >= 0.3 is 0 Å². The Bertz CT molecular complexity index is 371. The first-order valence-electron chi connectivity index (χ1n) is 4.70. The predicted octanol–water partition coefficient (Wildman–Crippen LogP) is 3.19. The highest BCUT2D eigenvalue weighted by Crippen LogP contribution is 2.25. The van der Waals surface area contributed by atoms with Crippen molar-refractivity contribution < 1.29 is 0 Å². The quantitative estimate of drug-likeness (QED) is 0.785. The number of allylic oxidation sites excluding steroid dienone is 4. The second-order valence-electron chi connectivity index (χ2n) is 3.22. The summed E-state index contributed by atoms with van der Waals surface area (Å²) >= 11 is 1.71. The Hall–Kier alpha value is -1.12. The van der Waals surface area contributed by atoms with E-state index >= 15 is 0 Å². The Balaban J connectivity index is 2.19. The highest BCUT2D eigenvalue weighted by atomic mass is 32.1. The SMILES string of the molecule is NC(C1=CCC=CC=C1)c1cccs1. The Morgan fingerprint density at radius 2 is 2.29 bits per heavy atom. The molecule has 0 saturated carbocycles. The van der Waals surface area contributed by atoms with Crippen LogP contribution in [-0.2, 0) is 0 Å². The molecule has 1 heterocycles. The number of nitrogens with two attached hydrogens (primary N) is 1. The predicted molar refractivity (Wildman–Crippen MR) is 62.2 cm³/mol. The van der Waals surface area contributed by atoms with Gasteiger partial charge in [-0.1, -0.05) is 36.4 Å². The van der Waals surface area contributed by atoms with Crippen molar-refractivity contribution >= 4 is 11.3 Å². The molecule has 1 aromatic heterocycles. The molecule has 1 aromatic rings. The second-order valence-corrected chi connectivity index (χ2v) is 4.20. The van der Waals surface area contributed by atoms with Crippen molar-refractivity contribution in [1.29, 1.82) is 0 Å². The summed E-state index contributed by atoms with van der Waals surface area (Å²) in [5.41, 5.74) is 7.35. The molecule has 0 saturated heterocycles. The lowest BCUT2D eigenvalue weighted by molar-refractivity contribution is 0.887. The zero-order chi connectivity index (χ0) is 9.80. The van der Waals surface area contributed by atoms with Crippen molar-refractivity contribution in [3.8, 4) is 0 Å². The Labute approximate surface area is 88.3 Å². The third-order valence-corrected chi connectivity index (χ3v) is 3.19. The molecule has 2 rings (SSSR count). The second kappa shape index (κ2) is 4.40. The average molecular weight is 203 g/mol. The molecule has 14 heavy (non-hydrogen) atoms. The zero-order valence-corrected chi connectivity index (χ0v) is 8.71. The van der Waals surface area contributed by atoms with Gasteiger partial charge in [0.25, 0.3) is 0 Å². The number of thiophene rings is 1.